The zero-order valence-electron chi connectivity index (χ0n) is 14.7. The summed E-state index contributed by atoms with van der Waals surface area (Å²) in [4.78, 5) is 19.0. The van der Waals surface area contributed by atoms with Crippen LogP contribution in [0.15, 0.2) is 48.7 Å². The Kier molecular flexibility index (Phi) is 4.41. The van der Waals surface area contributed by atoms with Gasteiger partial charge in [-0.2, -0.15) is 0 Å². The van der Waals surface area contributed by atoms with E-state index < -0.39 is 5.60 Å². The van der Waals surface area contributed by atoms with Crippen molar-refractivity contribution in [1.82, 2.24) is 9.88 Å². The third kappa shape index (κ3) is 2.86. The lowest BCUT2D eigenvalue weighted by atomic mass is 9.66. The Morgan fingerprint density at radius 1 is 1.12 bits per heavy atom. The van der Waals surface area contributed by atoms with E-state index in [9.17, 15) is 15.0 Å². The van der Waals surface area contributed by atoms with Gasteiger partial charge in [0.15, 0.2) is 0 Å². The maximum absolute atomic E-state index is 13.0. The van der Waals surface area contributed by atoms with Crippen LogP contribution in [0.5, 0.6) is 5.75 Å². The molecule has 2 aromatic rings. The van der Waals surface area contributed by atoms with Gasteiger partial charge >= 0.3 is 0 Å². The smallest absolute Gasteiger partial charge is 0.272 e. The highest BCUT2D eigenvalue weighted by molar-refractivity contribution is 5.92. The van der Waals surface area contributed by atoms with E-state index in [1.807, 2.05) is 35.2 Å². The maximum Gasteiger partial charge on any atom is 0.272 e. The predicted molar refractivity (Wildman–Crippen MR) is 97.6 cm³/mol. The van der Waals surface area contributed by atoms with Gasteiger partial charge in [-0.1, -0.05) is 43.2 Å². The van der Waals surface area contributed by atoms with Crippen molar-refractivity contribution in [2.24, 2.45) is 5.92 Å². The van der Waals surface area contributed by atoms with Crippen molar-refractivity contribution in [3.05, 3.63) is 59.9 Å². The second-order valence-corrected chi connectivity index (χ2v) is 7.40. The van der Waals surface area contributed by atoms with Gasteiger partial charge in [0.1, 0.15) is 11.4 Å². The summed E-state index contributed by atoms with van der Waals surface area (Å²) in [6.45, 7) is 0.508. The van der Waals surface area contributed by atoms with E-state index in [0.717, 1.165) is 31.2 Å². The number of fused-ring (bicyclic) bond motifs is 1. The molecule has 0 unspecified atom stereocenters. The molecule has 1 amide bonds. The lowest BCUT2D eigenvalue weighted by Crippen LogP contribution is -2.59. The normalized spacial score (nSPS) is 28.4. The zero-order valence-corrected chi connectivity index (χ0v) is 14.7. The summed E-state index contributed by atoms with van der Waals surface area (Å²) in [5, 5.41) is 21.0. The molecule has 26 heavy (non-hydrogen) atoms. The first-order valence-electron chi connectivity index (χ1n) is 9.33. The molecule has 1 saturated carbocycles. The molecular formula is C21H24N2O3. The number of likely N-dealkylation sites (tertiary alicyclic amines) is 1. The number of aromatic nitrogens is 1. The van der Waals surface area contributed by atoms with Crippen molar-refractivity contribution >= 4 is 5.91 Å². The molecule has 5 nitrogen and oxygen atoms in total. The quantitative estimate of drug-likeness (QED) is 0.871. The van der Waals surface area contributed by atoms with Crippen LogP contribution in [0.4, 0.5) is 0 Å². The topological polar surface area (TPSA) is 73.7 Å². The van der Waals surface area contributed by atoms with Crippen molar-refractivity contribution in [3.8, 4) is 5.75 Å². The molecule has 2 heterocycles. The zero-order chi connectivity index (χ0) is 18.1. The molecule has 1 aliphatic heterocycles. The van der Waals surface area contributed by atoms with Crippen LogP contribution in [0, 0.1) is 5.92 Å². The second kappa shape index (κ2) is 6.72. The molecule has 4 rings (SSSR count). The van der Waals surface area contributed by atoms with Crippen LogP contribution >= 0.6 is 0 Å². The molecule has 3 atom stereocenters. The van der Waals surface area contributed by atoms with Gasteiger partial charge in [-0.05, 0) is 37.0 Å². The molecule has 2 N–H and O–H groups in total. The molecule has 1 aromatic heterocycles. The van der Waals surface area contributed by atoms with Crippen LogP contribution in [0.3, 0.4) is 0 Å². The Morgan fingerprint density at radius 2 is 1.88 bits per heavy atom. The highest BCUT2D eigenvalue weighted by atomic mass is 16.3. The van der Waals surface area contributed by atoms with E-state index in [4.69, 9.17) is 0 Å². The molecule has 136 valence electrons. The van der Waals surface area contributed by atoms with Crippen LogP contribution in [0.1, 0.15) is 48.2 Å². The number of hydrogen-bond acceptors (Lipinski definition) is 4. The Balaban J connectivity index is 1.64. The van der Waals surface area contributed by atoms with Gasteiger partial charge in [-0.15, -0.1) is 0 Å². The number of pyridine rings is 1. The largest absolute Gasteiger partial charge is 0.506 e. The first-order valence-corrected chi connectivity index (χ1v) is 9.33. The van der Waals surface area contributed by atoms with Crippen molar-refractivity contribution in [3.63, 3.8) is 0 Å². The minimum Gasteiger partial charge on any atom is -0.506 e. The summed E-state index contributed by atoms with van der Waals surface area (Å²) >= 11 is 0. The average molecular weight is 352 g/mol. The standard InChI is InChI=1S/C21H24N2O3/c24-16-10-11-18(22-14-16)20(25)23-13-12-21(26,15-6-2-1-3-7-15)17-8-4-5-9-19(17)23/h1-3,6-7,10-11,14,17,19,24,26H,4-5,8-9,12-13H2/t17-,19-,21+/m0/s1. The number of hydrogen-bond donors (Lipinski definition) is 2. The maximum atomic E-state index is 13.0. The van der Waals surface area contributed by atoms with Crippen LogP contribution in [0.2, 0.25) is 0 Å². The summed E-state index contributed by atoms with van der Waals surface area (Å²) in [7, 11) is 0. The number of benzene rings is 1. The highest BCUT2D eigenvalue weighted by Crippen LogP contribution is 2.47. The molecule has 2 aliphatic rings. The van der Waals surface area contributed by atoms with Gasteiger partial charge in [-0.25, -0.2) is 4.98 Å². The van der Waals surface area contributed by atoms with E-state index in [1.54, 1.807) is 6.07 Å². The van der Waals surface area contributed by atoms with Crippen molar-refractivity contribution in [2.45, 2.75) is 43.7 Å². The number of carbonyl (C=O) groups is 1. The first-order chi connectivity index (χ1) is 12.6. The molecule has 0 bridgehead atoms. The molecule has 1 aliphatic carbocycles. The molecule has 2 fully saturated rings. The van der Waals surface area contributed by atoms with E-state index in [-0.39, 0.29) is 23.6 Å². The van der Waals surface area contributed by atoms with E-state index in [2.05, 4.69) is 4.98 Å². The lowest BCUT2D eigenvalue weighted by molar-refractivity contribution is -0.110. The number of aromatic hydroxyl groups is 1. The highest BCUT2D eigenvalue weighted by Gasteiger charge is 2.50. The number of nitrogens with zero attached hydrogens (tertiary/aromatic N) is 2. The van der Waals surface area contributed by atoms with E-state index in [0.29, 0.717) is 18.7 Å². The van der Waals surface area contributed by atoms with Crippen molar-refractivity contribution < 1.29 is 15.0 Å². The molecular weight excluding hydrogens is 328 g/mol. The van der Waals surface area contributed by atoms with Crippen molar-refractivity contribution in [2.75, 3.05) is 6.54 Å². The number of carbonyl (C=O) groups excluding carboxylic acids is 1. The summed E-state index contributed by atoms with van der Waals surface area (Å²) < 4.78 is 0. The minimum atomic E-state index is -0.883. The monoisotopic (exact) mass is 352 g/mol. The summed E-state index contributed by atoms with van der Waals surface area (Å²) in [6.07, 6.45) is 5.80. The second-order valence-electron chi connectivity index (χ2n) is 7.40. The Bertz CT molecular complexity index is 778. The molecule has 0 radical (unpaired) electrons. The third-order valence-electron chi connectivity index (χ3n) is 5.98. The third-order valence-corrected chi connectivity index (χ3v) is 5.98. The van der Waals surface area contributed by atoms with E-state index in [1.165, 1.54) is 12.3 Å². The van der Waals surface area contributed by atoms with Gasteiger partial charge in [0.05, 0.1) is 11.8 Å². The van der Waals surface area contributed by atoms with Crippen molar-refractivity contribution in [1.29, 1.82) is 0 Å². The number of piperidine rings is 1. The van der Waals surface area contributed by atoms with Gasteiger partial charge in [-0.3, -0.25) is 4.79 Å². The summed E-state index contributed by atoms with van der Waals surface area (Å²) in [6, 6.07) is 12.9. The van der Waals surface area contributed by atoms with Gasteiger partial charge in [0.25, 0.3) is 5.91 Å². The fraction of sp³-hybridized carbons (Fsp3) is 0.429. The molecule has 1 aromatic carbocycles. The van der Waals surface area contributed by atoms with Gasteiger partial charge in [0, 0.05) is 18.5 Å². The molecule has 0 spiro atoms. The number of aliphatic hydroxyl groups is 1. The Morgan fingerprint density at radius 3 is 2.62 bits per heavy atom. The molecule has 1 saturated heterocycles. The average Bonchev–Trinajstić information content (AvgIpc) is 2.69. The Labute approximate surface area is 153 Å². The van der Waals surface area contributed by atoms with E-state index >= 15 is 0 Å². The lowest BCUT2D eigenvalue weighted by Gasteiger charge is -2.52. The van der Waals surface area contributed by atoms with Gasteiger partial charge < -0.3 is 15.1 Å². The summed E-state index contributed by atoms with van der Waals surface area (Å²) in [5.74, 6) is -0.0281. The predicted octanol–water partition coefficient (Wildman–Crippen LogP) is 3.08. The Hall–Kier alpha value is -2.40. The van der Waals surface area contributed by atoms with Crippen LogP contribution in [-0.4, -0.2) is 38.6 Å². The van der Waals surface area contributed by atoms with Gasteiger partial charge in [0.2, 0.25) is 0 Å². The SMILES string of the molecule is O=C(c1ccc(O)cn1)N1CC[C@@](O)(c2ccccc2)[C@H]2CCCC[C@@H]21. The summed E-state index contributed by atoms with van der Waals surface area (Å²) in [5.41, 5.74) is 0.412. The van der Waals surface area contributed by atoms with Crippen LogP contribution in [0.25, 0.3) is 0 Å². The van der Waals surface area contributed by atoms with Crippen LogP contribution in [-0.2, 0) is 5.60 Å². The number of amides is 1. The fourth-order valence-electron chi connectivity index (χ4n) is 4.68. The first kappa shape index (κ1) is 17.0. The number of rotatable bonds is 2. The molecule has 5 heteroatoms. The minimum absolute atomic E-state index is 0.0193. The fourth-order valence-corrected chi connectivity index (χ4v) is 4.68. The van der Waals surface area contributed by atoms with Crippen LogP contribution < -0.4 is 0 Å².